The topological polar surface area (TPSA) is 47.3 Å². The lowest BCUT2D eigenvalue weighted by Gasteiger charge is -2.11. The minimum atomic E-state index is -0.240. The molecule has 0 N–H and O–H groups in total. The van der Waals surface area contributed by atoms with Crippen LogP contribution < -0.4 is 0 Å². The zero-order valence-corrected chi connectivity index (χ0v) is 9.58. The van der Waals surface area contributed by atoms with Gasteiger partial charge >= 0.3 is 0 Å². The molecule has 1 aromatic carbocycles. The molecule has 0 saturated carbocycles. The van der Waals surface area contributed by atoms with Crippen LogP contribution in [0.5, 0.6) is 0 Å². The van der Waals surface area contributed by atoms with Gasteiger partial charge in [-0.3, -0.25) is 9.59 Å². The largest absolute Gasteiger partial charge is 0.445 e. The number of hydrogen-bond acceptors (Lipinski definition) is 3. The van der Waals surface area contributed by atoms with Crippen LogP contribution >= 0.6 is 15.9 Å². The molecule has 0 amide bonds. The normalized spacial score (nSPS) is 13.6. The van der Waals surface area contributed by atoms with Crippen molar-refractivity contribution in [1.29, 1.82) is 0 Å². The SMILES string of the molecule is O=C1c2ccccc2C(=O)c2oc(Br)cc21. The number of halogens is 1. The van der Waals surface area contributed by atoms with E-state index in [1.165, 1.54) is 6.07 Å². The van der Waals surface area contributed by atoms with E-state index in [1.54, 1.807) is 24.3 Å². The fourth-order valence-corrected chi connectivity index (χ4v) is 2.24. The van der Waals surface area contributed by atoms with Gasteiger partial charge in [-0.05, 0) is 15.9 Å². The Morgan fingerprint density at radius 2 is 1.56 bits per heavy atom. The highest BCUT2D eigenvalue weighted by atomic mass is 79.9. The van der Waals surface area contributed by atoms with E-state index < -0.39 is 0 Å². The van der Waals surface area contributed by atoms with Gasteiger partial charge in [-0.1, -0.05) is 24.3 Å². The van der Waals surface area contributed by atoms with Gasteiger partial charge in [-0.15, -0.1) is 0 Å². The van der Waals surface area contributed by atoms with E-state index in [0.29, 0.717) is 21.4 Å². The first-order valence-electron chi connectivity index (χ1n) is 4.66. The third-order valence-corrected chi connectivity index (χ3v) is 2.96. The zero-order valence-electron chi connectivity index (χ0n) is 7.99. The Bertz CT molecular complexity index is 572. The van der Waals surface area contributed by atoms with Crippen molar-refractivity contribution >= 4 is 27.5 Å². The van der Waals surface area contributed by atoms with Crippen molar-refractivity contribution in [3.8, 4) is 0 Å². The molecule has 78 valence electrons. The van der Waals surface area contributed by atoms with Crippen LogP contribution in [0.15, 0.2) is 39.4 Å². The molecule has 0 unspecified atom stereocenters. The van der Waals surface area contributed by atoms with Crippen LogP contribution in [0.25, 0.3) is 0 Å². The van der Waals surface area contributed by atoms with Gasteiger partial charge in [0, 0.05) is 17.2 Å². The van der Waals surface area contributed by atoms with Crippen molar-refractivity contribution in [2.24, 2.45) is 0 Å². The number of benzene rings is 1. The summed E-state index contributed by atoms with van der Waals surface area (Å²) in [6.07, 6.45) is 0. The highest BCUT2D eigenvalue weighted by Gasteiger charge is 2.32. The van der Waals surface area contributed by atoms with Crippen LogP contribution in [-0.2, 0) is 0 Å². The molecule has 3 nitrogen and oxygen atoms in total. The first-order chi connectivity index (χ1) is 7.68. The fraction of sp³-hybridized carbons (Fsp3) is 0. The van der Waals surface area contributed by atoms with Crippen LogP contribution in [0.1, 0.15) is 32.0 Å². The predicted molar refractivity (Wildman–Crippen MR) is 59.7 cm³/mol. The molecule has 4 heteroatoms. The van der Waals surface area contributed by atoms with E-state index in [-0.39, 0.29) is 17.3 Å². The van der Waals surface area contributed by atoms with Crippen molar-refractivity contribution in [2.75, 3.05) is 0 Å². The van der Waals surface area contributed by atoms with Crippen LogP contribution in [0.4, 0.5) is 0 Å². The van der Waals surface area contributed by atoms with Crippen molar-refractivity contribution in [3.05, 3.63) is 57.5 Å². The molecule has 1 heterocycles. The van der Waals surface area contributed by atoms with Gasteiger partial charge in [0.25, 0.3) is 0 Å². The maximum atomic E-state index is 12.0. The number of ketones is 2. The summed E-state index contributed by atoms with van der Waals surface area (Å²) in [6.45, 7) is 0. The summed E-state index contributed by atoms with van der Waals surface area (Å²) in [6, 6.07) is 8.29. The van der Waals surface area contributed by atoms with Crippen molar-refractivity contribution < 1.29 is 14.0 Å². The van der Waals surface area contributed by atoms with Gasteiger partial charge in [0.15, 0.2) is 16.2 Å². The molecule has 0 atom stereocenters. The molecule has 1 aliphatic carbocycles. The molecule has 16 heavy (non-hydrogen) atoms. The summed E-state index contributed by atoms with van der Waals surface area (Å²) >= 11 is 3.12. The first-order valence-corrected chi connectivity index (χ1v) is 5.45. The highest BCUT2D eigenvalue weighted by molar-refractivity contribution is 9.10. The third-order valence-electron chi connectivity index (χ3n) is 2.57. The fourth-order valence-electron chi connectivity index (χ4n) is 1.84. The predicted octanol–water partition coefficient (Wildman–Crippen LogP) is 2.82. The Labute approximate surface area is 99.2 Å². The number of carbonyl (C=O) groups is 2. The van der Waals surface area contributed by atoms with Crippen LogP contribution in [0.2, 0.25) is 0 Å². The van der Waals surface area contributed by atoms with Crippen LogP contribution in [0, 0.1) is 0 Å². The molecule has 1 aromatic heterocycles. The van der Waals surface area contributed by atoms with E-state index in [9.17, 15) is 9.59 Å². The number of hydrogen-bond donors (Lipinski definition) is 0. The monoisotopic (exact) mass is 276 g/mol. The minimum absolute atomic E-state index is 0.121. The van der Waals surface area contributed by atoms with Gasteiger partial charge in [-0.25, -0.2) is 0 Å². The summed E-state index contributed by atoms with van der Waals surface area (Å²) in [7, 11) is 0. The highest BCUT2D eigenvalue weighted by Crippen LogP contribution is 2.31. The van der Waals surface area contributed by atoms with Gasteiger partial charge in [0.2, 0.25) is 5.78 Å². The molecular formula is C12H5BrO3. The molecule has 0 aliphatic heterocycles. The van der Waals surface area contributed by atoms with Crippen molar-refractivity contribution in [2.45, 2.75) is 0 Å². The Hall–Kier alpha value is -1.68. The van der Waals surface area contributed by atoms with Gasteiger partial charge < -0.3 is 4.42 Å². The van der Waals surface area contributed by atoms with E-state index in [4.69, 9.17) is 4.42 Å². The minimum Gasteiger partial charge on any atom is -0.445 e. The first kappa shape index (κ1) is 9.54. The molecule has 0 radical (unpaired) electrons. The second kappa shape index (κ2) is 3.15. The quantitative estimate of drug-likeness (QED) is 0.634. The Kier molecular flexibility index (Phi) is 1.88. The summed E-state index contributed by atoms with van der Waals surface area (Å²) < 4.78 is 5.59. The molecule has 1 aliphatic rings. The zero-order chi connectivity index (χ0) is 11.3. The van der Waals surface area contributed by atoms with Gasteiger partial charge in [0.1, 0.15) is 0 Å². The summed E-state index contributed by atoms with van der Waals surface area (Å²) in [4.78, 5) is 24.0. The van der Waals surface area contributed by atoms with E-state index >= 15 is 0 Å². The maximum Gasteiger partial charge on any atom is 0.229 e. The second-order valence-electron chi connectivity index (χ2n) is 3.50. The lowest BCUT2D eigenvalue weighted by atomic mass is 9.89. The Balaban J connectivity index is 2.34. The average molecular weight is 277 g/mol. The van der Waals surface area contributed by atoms with Crippen molar-refractivity contribution in [1.82, 2.24) is 0 Å². The maximum absolute atomic E-state index is 12.0. The van der Waals surface area contributed by atoms with E-state index in [0.717, 1.165) is 0 Å². The molecule has 0 bridgehead atoms. The summed E-state index contributed by atoms with van der Waals surface area (Å²) in [5, 5.41) is 0. The van der Waals surface area contributed by atoms with Crippen molar-refractivity contribution in [3.63, 3.8) is 0 Å². The molecule has 0 saturated heterocycles. The number of carbonyl (C=O) groups excluding carboxylic acids is 2. The number of furan rings is 1. The number of rotatable bonds is 0. The molecule has 2 aromatic rings. The smallest absolute Gasteiger partial charge is 0.229 e. The van der Waals surface area contributed by atoms with E-state index in [1.807, 2.05) is 0 Å². The molecule has 3 rings (SSSR count). The van der Waals surface area contributed by atoms with Gasteiger partial charge in [0.05, 0.1) is 5.56 Å². The lowest BCUT2D eigenvalue weighted by molar-refractivity contribution is 0.0959. The second-order valence-corrected chi connectivity index (χ2v) is 4.28. The standard InChI is InChI=1S/C12H5BrO3/c13-9-5-8-10(14)6-3-1-2-4-7(6)11(15)12(8)16-9/h1-5H. The van der Waals surface area contributed by atoms with E-state index in [2.05, 4.69) is 15.9 Å². The molecule has 0 spiro atoms. The van der Waals surface area contributed by atoms with Crippen LogP contribution in [0.3, 0.4) is 0 Å². The lowest BCUT2D eigenvalue weighted by Crippen LogP contribution is -2.18. The third kappa shape index (κ3) is 1.13. The molecular weight excluding hydrogens is 272 g/mol. The summed E-state index contributed by atoms with van der Waals surface area (Å²) in [5.41, 5.74) is 1.17. The Morgan fingerprint density at radius 1 is 0.938 bits per heavy atom. The average Bonchev–Trinajstić information content (AvgIpc) is 2.68. The molecule has 0 fully saturated rings. The van der Waals surface area contributed by atoms with Gasteiger partial charge in [-0.2, -0.15) is 0 Å². The van der Waals surface area contributed by atoms with Crippen LogP contribution in [-0.4, -0.2) is 11.6 Å². The summed E-state index contributed by atoms with van der Waals surface area (Å²) in [5.74, 6) is -0.286. The number of fused-ring (bicyclic) bond motifs is 2. The Morgan fingerprint density at radius 3 is 2.25 bits per heavy atom.